The van der Waals surface area contributed by atoms with Crippen LogP contribution < -0.4 is 33.8 Å². The molecular weight excluding hydrogens is 653 g/mol. The van der Waals surface area contributed by atoms with E-state index < -0.39 is 12.0 Å². The Bertz CT molecular complexity index is 2250. The van der Waals surface area contributed by atoms with E-state index in [4.69, 9.17) is 28.7 Å². The average molecular weight is 693 g/mol. The Hall–Kier alpha value is -5.35. The van der Waals surface area contributed by atoms with E-state index in [0.29, 0.717) is 68.8 Å². The third-order valence-electron chi connectivity index (χ3n) is 8.45. The Morgan fingerprint density at radius 3 is 2.44 bits per heavy atom. The van der Waals surface area contributed by atoms with E-state index in [9.17, 15) is 9.59 Å². The quantitative estimate of drug-likeness (QED) is 0.126. The Labute approximate surface area is 294 Å². The Kier molecular flexibility index (Phi) is 10.7. The van der Waals surface area contributed by atoms with Crippen molar-refractivity contribution in [2.45, 2.75) is 46.3 Å². The largest absolute Gasteiger partial charge is 0.497 e. The number of esters is 1. The second-order valence-electron chi connectivity index (χ2n) is 11.6. The standard InChI is InChI=1S/C40H40N2O7S/c1-6-12-31-36(39(44)48-8-3)37(30-23-28(45-4)18-20-32(30)46-5)42-38(43)35(50-40(42)41-31)22-25-17-19-33(34(21-25)47-7-2)49-24-27-15-11-14-26-13-9-10-16-29(26)27/h9-11,13-23,37H,6-8,12,24H2,1-5H3/b35-22-/t37-/m0/s1. The highest BCUT2D eigenvalue weighted by Gasteiger charge is 2.36. The number of allylic oxidation sites excluding steroid dienone is 1. The van der Waals surface area contributed by atoms with Crippen molar-refractivity contribution >= 4 is 34.2 Å². The lowest BCUT2D eigenvalue weighted by molar-refractivity contribution is -0.139. The molecule has 0 radical (unpaired) electrons. The van der Waals surface area contributed by atoms with Gasteiger partial charge in [0.2, 0.25) is 0 Å². The summed E-state index contributed by atoms with van der Waals surface area (Å²) in [5.41, 5.74) is 3.02. The molecule has 0 bridgehead atoms. The molecule has 0 saturated carbocycles. The van der Waals surface area contributed by atoms with E-state index >= 15 is 0 Å². The minimum absolute atomic E-state index is 0.179. The van der Waals surface area contributed by atoms with Gasteiger partial charge in [-0.15, -0.1) is 0 Å². The molecule has 0 unspecified atom stereocenters. The molecule has 4 aromatic carbocycles. The highest BCUT2D eigenvalue weighted by atomic mass is 32.1. The smallest absolute Gasteiger partial charge is 0.338 e. The Morgan fingerprint density at radius 2 is 1.68 bits per heavy atom. The Balaban J connectivity index is 1.44. The minimum Gasteiger partial charge on any atom is -0.497 e. The molecule has 6 rings (SSSR count). The third-order valence-corrected chi connectivity index (χ3v) is 9.44. The number of fused-ring (bicyclic) bond motifs is 2. The summed E-state index contributed by atoms with van der Waals surface area (Å²) < 4.78 is 31.1. The molecule has 0 spiro atoms. The summed E-state index contributed by atoms with van der Waals surface area (Å²) in [4.78, 5) is 33.3. The number of nitrogens with zero attached hydrogens (tertiary/aromatic N) is 2. The van der Waals surface area contributed by atoms with Gasteiger partial charge in [0.1, 0.15) is 24.1 Å². The number of carbonyl (C=O) groups is 1. The number of hydrogen-bond donors (Lipinski definition) is 0. The van der Waals surface area contributed by atoms with Gasteiger partial charge in [0.25, 0.3) is 5.56 Å². The fourth-order valence-corrected chi connectivity index (χ4v) is 7.22. The molecule has 258 valence electrons. The molecule has 0 fully saturated rings. The zero-order valence-electron chi connectivity index (χ0n) is 28.9. The summed E-state index contributed by atoms with van der Waals surface area (Å²) in [5, 5.41) is 2.29. The van der Waals surface area contributed by atoms with E-state index in [0.717, 1.165) is 28.3 Å². The lowest BCUT2D eigenvalue weighted by Gasteiger charge is -2.27. The maximum atomic E-state index is 14.4. The van der Waals surface area contributed by atoms with Gasteiger partial charge in [-0.3, -0.25) is 9.36 Å². The maximum Gasteiger partial charge on any atom is 0.338 e. The second-order valence-corrected chi connectivity index (χ2v) is 12.6. The molecule has 9 nitrogen and oxygen atoms in total. The first-order valence-electron chi connectivity index (χ1n) is 16.7. The molecule has 1 aromatic heterocycles. The summed E-state index contributed by atoms with van der Waals surface area (Å²) >= 11 is 1.27. The number of methoxy groups -OCH3 is 2. The molecular formula is C40H40N2O7S. The van der Waals surface area contributed by atoms with Crippen molar-refractivity contribution < 1.29 is 28.5 Å². The lowest BCUT2D eigenvalue weighted by Crippen LogP contribution is -2.40. The van der Waals surface area contributed by atoms with Crippen molar-refractivity contribution in [3.8, 4) is 23.0 Å². The SMILES string of the molecule is CCCC1=C(C(=O)OCC)[C@H](c2cc(OC)ccc2OC)n2c(s/c(=C\c3ccc(OCc4cccc5ccccc45)c(OCC)c3)c2=O)=N1. The molecule has 0 aliphatic carbocycles. The van der Waals surface area contributed by atoms with Crippen molar-refractivity contribution in [2.75, 3.05) is 27.4 Å². The van der Waals surface area contributed by atoms with Gasteiger partial charge in [0.15, 0.2) is 16.3 Å². The van der Waals surface area contributed by atoms with Gasteiger partial charge in [0, 0.05) is 5.56 Å². The number of ether oxygens (including phenoxy) is 5. The predicted molar refractivity (Wildman–Crippen MR) is 195 cm³/mol. The van der Waals surface area contributed by atoms with Crippen LogP contribution in [0.25, 0.3) is 16.8 Å². The van der Waals surface area contributed by atoms with E-state index in [-0.39, 0.29) is 12.2 Å². The van der Waals surface area contributed by atoms with Crippen molar-refractivity contribution in [3.05, 3.63) is 127 Å². The maximum absolute atomic E-state index is 14.4. The van der Waals surface area contributed by atoms with Crippen LogP contribution in [0.5, 0.6) is 23.0 Å². The van der Waals surface area contributed by atoms with Crippen molar-refractivity contribution in [1.29, 1.82) is 0 Å². The van der Waals surface area contributed by atoms with Gasteiger partial charge in [-0.1, -0.05) is 73.2 Å². The number of hydrogen-bond acceptors (Lipinski definition) is 9. The molecule has 10 heteroatoms. The van der Waals surface area contributed by atoms with Gasteiger partial charge in [-0.2, -0.15) is 0 Å². The summed E-state index contributed by atoms with van der Waals surface area (Å²) in [6.07, 6.45) is 3.09. The third kappa shape index (κ3) is 6.89. The van der Waals surface area contributed by atoms with E-state index in [2.05, 4.69) is 24.3 Å². The molecule has 0 N–H and O–H groups in total. The zero-order valence-corrected chi connectivity index (χ0v) is 29.7. The van der Waals surface area contributed by atoms with Gasteiger partial charge in [0.05, 0.1) is 43.2 Å². The van der Waals surface area contributed by atoms with E-state index in [1.807, 2.05) is 56.3 Å². The van der Waals surface area contributed by atoms with Gasteiger partial charge < -0.3 is 23.7 Å². The first-order valence-corrected chi connectivity index (χ1v) is 17.5. The van der Waals surface area contributed by atoms with Crippen LogP contribution >= 0.6 is 11.3 Å². The molecule has 0 saturated heterocycles. The summed E-state index contributed by atoms with van der Waals surface area (Å²) in [6, 6.07) is 24.5. The van der Waals surface area contributed by atoms with E-state index in [1.54, 1.807) is 43.9 Å². The lowest BCUT2D eigenvalue weighted by atomic mass is 9.93. The van der Waals surface area contributed by atoms with Crippen LogP contribution in [0.4, 0.5) is 0 Å². The van der Waals surface area contributed by atoms with Gasteiger partial charge >= 0.3 is 5.97 Å². The van der Waals surface area contributed by atoms with Crippen molar-refractivity contribution in [1.82, 2.24) is 4.57 Å². The number of thiazole rings is 1. The van der Waals surface area contributed by atoms with Crippen LogP contribution in [-0.2, 0) is 16.1 Å². The fourth-order valence-electron chi connectivity index (χ4n) is 6.20. The zero-order chi connectivity index (χ0) is 35.2. The highest BCUT2D eigenvalue weighted by Crippen LogP contribution is 2.39. The van der Waals surface area contributed by atoms with Crippen LogP contribution in [-0.4, -0.2) is 38.0 Å². The number of rotatable bonds is 13. The van der Waals surface area contributed by atoms with Crippen LogP contribution in [0, 0.1) is 0 Å². The predicted octanol–water partition coefficient (Wildman–Crippen LogP) is 6.73. The number of benzene rings is 4. The Morgan fingerprint density at radius 1 is 0.880 bits per heavy atom. The highest BCUT2D eigenvalue weighted by molar-refractivity contribution is 7.07. The fraction of sp³-hybridized carbons (Fsp3) is 0.275. The summed E-state index contributed by atoms with van der Waals surface area (Å²) in [7, 11) is 3.12. The first-order chi connectivity index (χ1) is 24.4. The summed E-state index contributed by atoms with van der Waals surface area (Å²) in [5.74, 6) is 1.72. The molecule has 1 aliphatic rings. The van der Waals surface area contributed by atoms with Crippen LogP contribution in [0.3, 0.4) is 0 Å². The molecule has 2 heterocycles. The summed E-state index contributed by atoms with van der Waals surface area (Å²) in [6.45, 7) is 6.68. The molecule has 5 aromatic rings. The molecule has 1 aliphatic heterocycles. The number of aromatic nitrogens is 1. The molecule has 0 amide bonds. The first kappa shape index (κ1) is 34.5. The monoisotopic (exact) mass is 692 g/mol. The van der Waals surface area contributed by atoms with Crippen LogP contribution in [0.1, 0.15) is 56.3 Å². The molecule has 1 atom stereocenters. The molecule has 50 heavy (non-hydrogen) atoms. The van der Waals surface area contributed by atoms with E-state index in [1.165, 1.54) is 11.3 Å². The number of carbonyl (C=O) groups excluding carboxylic acids is 1. The topological polar surface area (TPSA) is 97.6 Å². The average Bonchev–Trinajstić information content (AvgIpc) is 3.44. The van der Waals surface area contributed by atoms with Crippen molar-refractivity contribution in [2.24, 2.45) is 4.99 Å². The van der Waals surface area contributed by atoms with Gasteiger partial charge in [-0.05, 0) is 78.6 Å². The van der Waals surface area contributed by atoms with Crippen molar-refractivity contribution in [3.63, 3.8) is 0 Å². The van der Waals surface area contributed by atoms with Crippen LogP contribution in [0.15, 0.2) is 99.9 Å². The minimum atomic E-state index is -0.845. The van der Waals surface area contributed by atoms with Gasteiger partial charge in [-0.25, -0.2) is 9.79 Å². The normalized spacial score (nSPS) is 14.3. The van der Waals surface area contributed by atoms with Crippen LogP contribution in [0.2, 0.25) is 0 Å². The second kappa shape index (κ2) is 15.5.